The van der Waals surface area contributed by atoms with Gasteiger partial charge in [-0.25, -0.2) is 0 Å². The maximum atomic E-state index is 12.9. The average Bonchev–Trinajstić information content (AvgIpc) is 3.16. The molecule has 2 aromatic carbocycles. The van der Waals surface area contributed by atoms with Crippen LogP contribution in [0.4, 0.5) is 0 Å². The third-order valence-corrected chi connectivity index (χ3v) is 5.40. The van der Waals surface area contributed by atoms with Crippen LogP contribution in [0.3, 0.4) is 0 Å². The molecule has 0 spiro atoms. The molecule has 1 fully saturated rings. The topological polar surface area (TPSA) is 74.3 Å². The molecule has 1 unspecified atom stereocenters. The van der Waals surface area contributed by atoms with Gasteiger partial charge in [0.1, 0.15) is 6.29 Å². The first-order chi connectivity index (χ1) is 14.7. The number of hydrogen-bond acceptors (Lipinski definition) is 6. The van der Waals surface area contributed by atoms with Crippen LogP contribution in [0.15, 0.2) is 36.4 Å². The second-order valence-electron chi connectivity index (χ2n) is 7.32. The van der Waals surface area contributed by atoms with Gasteiger partial charge in [-0.2, -0.15) is 0 Å². The number of likely N-dealkylation sites (tertiary alicyclic amines) is 1. The lowest BCUT2D eigenvalue weighted by Gasteiger charge is -2.26. The molecule has 0 N–H and O–H groups in total. The summed E-state index contributed by atoms with van der Waals surface area (Å²) in [7, 11) is 1.50. The van der Waals surface area contributed by atoms with Crippen LogP contribution in [0, 0.1) is 0 Å². The van der Waals surface area contributed by atoms with Crippen LogP contribution in [-0.4, -0.2) is 50.6 Å². The minimum atomic E-state index is -0.0994. The Balaban J connectivity index is 1.45. The zero-order valence-electron chi connectivity index (χ0n) is 17.0. The number of aldehydes is 1. The smallest absolute Gasteiger partial charge is 0.261 e. The average molecular weight is 411 g/mol. The molecule has 30 heavy (non-hydrogen) atoms. The fourth-order valence-corrected chi connectivity index (χ4v) is 3.90. The molecule has 2 aromatic rings. The Morgan fingerprint density at radius 3 is 2.73 bits per heavy atom. The van der Waals surface area contributed by atoms with Crippen molar-refractivity contribution < 1.29 is 28.5 Å². The Morgan fingerprint density at radius 1 is 1.10 bits per heavy atom. The number of benzene rings is 2. The summed E-state index contributed by atoms with van der Waals surface area (Å²) in [6.45, 7) is 1.86. The van der Waals surface area contributed by atoms with Gasteiger partial charge in [0.25, 0.3) is 5.91 Å². The molecule has 4 rings (SSSR count). The number of methoxy groups -OCH3 is 1. The third-order valence-electron chi connectivity index (χ3n) is 5.40. The summed E-state index contributed by atoms with van der Waals surface area (Å²) in [5, 5.41) is 0. The molecule has 0 saturated carbocycles. The van der Waals surface area contributed by atoms with Crippen LogP contribution < -0.4 is 18.9 Å². The zero-order valence-corrected chi connectivity index (χ0v) is 17.0. The molecular formula is C23H25NO6. The Morgan fingerprint density at radius 2 is 1.93 bits per heavy atom. The normalized spacial score (nSPS) is 17.9. The van der Waals surface area contributed by atoms with Crippen molar-refractivity contribution in [3.8, 4) is 23.0 Å². The summed E-state index contributed by atoms with van der Waals surface area (Å²) in [5.41, 5.74) is 1.53. The van der Waals surface area contributed by atoms with E-state index in [0.29, 0.717) is 36.8 Å². The Kier molecular flexibility index (Phi) is 6.07. The first-order valence-corrected chi connectivity index (χ1v) is 10.1. The number of fused-ring (bicyclic) bond motifs is 1. The molecule has 158 valence electrons. The summed E-state index contributed by atoms with van der Waals surface area (Å²) in [4.78, 5) is 25.7. The number of amides is 1. The summed E-state index contributed by atoms with van der Waals surface area (Å²) >= 11 is 0. The largest absolute Gasteiger partial charge is 0.493 e. The molecule has 1 saturated heterocycles. The van der Waals surface area contributed by atoms with E-state index in [4.69, 9.17) is 18.9 Å². The molecule has 0 aliphatic carbocycles. The lowest BCUT2D eigenvalue weighted by Crippen LogP contribution is -2.34. The molecule has 0 aromatic heterocycles. The molecule has 1 atom stereocenters. The molecule has 2 aliphatic heterocycles. The van der Waals surface area contributed by atoms with Gasteiger partial charge in [0.15, 0.2) is 29.6 Å². The van der Waals surface area contributed by atoms with Gasteiger partial charge in [0, 0.05) is 18.5 Å². The van der Waals surface area contributed by atoms with Gasteiger partial charge < -0.3 is 23.8 Å². The maximum absolute atomic E-state index is 12.9. The van der Waals surface area contributed by atoms with Crippen molar-refractivity contribution in [1.82, 2.24) is 4.90 Å². The lowest BCUT2D eigenvalue weighted by atomic mass is 10.0. The van der Waals surface area contributed by atoms with E-state index >= 15 is 0 Å². The molecule has 7 heteroatoms. The van der Waals surface area contributed by atoms with Gasteiger partial charge in [-0.3, -0.25) is 9.59 Å². The van der Waals surface area contributed by atoms with Gasteiger partial charge in [-0.05, 0) is 48.7 Å². The van der Waals surface area contributed by atoms with Gasteiger partial charge >= 0.3 is 0 Å². The minimum absolute atomic E-state index is 0.0161. The van der Waals surface area contributed by atoms with Crippen LogP contribution in [0.2, 0.25) is 0 Å². The first-order valence-electron chi connectivity index (χ1n) is 10.1. The van der Waals surface area contributed by atoms with E-state index in [9.17, 15) is 9.59 Å². The van der Waals surface area contributed by atoms with E-state index in [1.807, 2.05) is 23.1 Å². The summed E-state index contributed by atoms with van der Waals surface area (Å²) in [6, 6.07) is 10.8. The van der Waals surface area contributed by atoms with Crippen molar-refractivity contribution in [1.29, 1.82) is 0 Å². The number of carbonyl (C=O) groups excluding carboxylic acids is 2. The Labute approximate surface area is 175 Å². The Hall–Kier alpha value is -3.22. The molecule has 7 nitrogen and oxygen atoms in total. The van der Waals surface area contributed by atoms with E-state index in [1.54, 1.807) is 18.2 Å². The van der Waals surface area contributed by atoms with Gasteiger partial charge in [-0.15, -0.1) is 0 Å². The van der Waals surface area contributed by atoms with Crippen LogP contribution in [0.5, 0.6) is 23.0 Å². The molecular weight excluding hydrogens is 386 g/mol. The number of rotatable bonds is 6. The fraction of sp³-hybridized carbons (Fsp3) is 0.391. The third kappa shape index (κ3) is 4.20. The summed E-state index contributed by atoms with van der Waals surface area (Å²) in [6.07, 6.45) is 3.42. The van der Waals surface area contributed by atoms with E-state index < -0.39 is 0 Å². The maximum Gasteiger partial charge on any atom is 0.261 e. The summed E-state index contributed by atoms with van der Waals surface area (Å²) < 4.78 is 22.5. The minimum Gasteiger partial charge on any atom is -0.493 e. The highest BCUT2D eigenvalue weighted by Gasteiger charge is 2.31. The fourth-order valence-electron chi connectivity index (χ4n) is 3.90. The predicted molar refractivity (Wildman–Crippen MR) is 110 cm³/mol. The van der Waals surface area contributed by atoms with E-state index in [-0.39, 0.29) is 18.6 Å². The van der Waals surface area contributed by atoms with Crippen molar-refractivity contribution in [3.05, 3.63) is 47.5 Å². The Bertz CT molecular complexity index is 928. The zero-order chi connectivity index (χ0) is 20.9. The van der Waals surface area contributed by atoms with Crippen molar-refractivity contribution in [2.45, 2.75) is 25.3 Å². The quantitative estimate of drug-likeness (QED) is 0.678. The lowest BCUT2D eigenvalue weighted by molar-refractivity contribution is -0.134. The van der Waals surface area contributed by atoms with Crippen molar-refractivity contribution in [2.24, 2.45) is 0 Å². The molecule has 2 heterocycles. The monoisotopic (exact) mass is 411 g/mol. The second-order valence-corrected chi connectivity index (χ2v) is 7.32. The highest BCUT2D eigenvalue weighted by molar-refractivity contribution is 5.79. The van der Waals surface area contributed by atoms with E-state index in [0.717, 1.165) is 42.6 Å². The highest BCUT2D eigenvalue weighted by atomic mass is 16.5. The molecule has 0 radical (unpaired) electrons. The number of ether oxygens (including phenoxy) is 4. The highest BCUT2D eigenvalue weighted by Crippen LogP contribution is 2.38. The van der Waals surface area contributed by atoms with Crippen LogP contribution in [0.1, 0.15) is 41.2 Å². The van der Waals surface area contributed by atoms with Crippen molar-refractivity contribution in [2.75, 3.05) is 33.5 Å². The van der Waals surface area contributed by atoms with E-state index in [1.165, 1.54) is 7.11 Å². The molecule has 1 amide bonds. The van der Waals surface area contributed by atoms with Gasteiger partial charge in [-0.1, -0.05) is 6.07 Å². The molecule has 0 bridgehead atoms. The number of carbonyl (C=O) groups is 2. The standard InChI is InChI=1S/C23H25NO6/c1-27-21-12-16(14-25)5-7-19(21)30-15-23(26)24-9-2-4-18(24)17-6-8-20-22(13-17)29-11-3-10-28-20/h5-8,12-14,18H,2-4,9-11,15H2,1H3. The SMILES string of the molecule is COc1cc(C=O)ccc1OCC(=O)N1CCCC1c1ccc2c(c1)OCCCO2. The second kappa shape index (κ2) is 9.07. The van der Waals surface area contributed by atoms with Gasteiger partial charge in [0.2, 0.25) is 0 Å². The van der Waals surface area contributed by atoms with Gasteiger partial charge in [0.05, 0.1) is 26.4 Å². The number of nitrogens with zero attached hydrogens (tertiary/aromatic N) is 1. The van der Waals surface area contributed by atoms with Crippen molar-refractivity contribution in [3.63, 3.8) is 0 Å². The summed E-state index contributed by atoms with van der Waals surface area (Å²) in [5.74, 6) is 2.25. The van der Waals surface area contributed by atoms with Crippen LogP contribution in [-0.2, 0) is 4.79 Å². The number of hydrogen-bond donors (Lipinski definition) is 0. The van der Waals surface area contributed by atoms with E-state index in [2.05, 4.69) is 0 Å². The first kappa shape index (κ1) is 20.1. The van der Waals surface area contributed by atoms with Crippen LogP contribution >= 0.6 is 0 Å². The van der Waals surface area contributed by atoms with Crippen LogP contribution in [0.25, 0.3) is 0 Å². The molecule has 2 aliphatic rings. The predicted octanol–water partition coefficient (Wildman–Crippen LogP) is 3.41. The van der Waals surface area contributed by atoms with Crippen molar-refractivity contribution >= 4 is 12.2 Å².